The van der Waals surface area contributed by atoms with Crippen molar-refractivity contribution in [3.8, 4) is 0 Å². The van der Waals surface area contributed by atoms with E-state index in [1.807, 2.05) is 7.05 Å². The number of likely N-dealkylation sites (N-methyl/N-ethyl adjacent to an activating group) is 1. The predicted molar refractivity (Wildman–Crippen MR) is 63.9 cm³/mol. The monoisotopic (exact) mass is 243 g/mol. The number of rotatable bonds is 4. The van der Waals surface area contributed by atoms with E-state index in [1.165, 1.54) is 4.90 Å². The van der Waals surface area contributed by atoms with Crippen LogP contribution in [0, 0.1) is 5.92 Å². The van der Waals surface area contributed by atoms with Gasteiger partial charge in [0.2, 0.25) is 0 Å². The second-order valence-electron chi connectivity index (χ2n) is 4.82. The molecular formula is C11H21N3O3. The van der Waals surface area contributed by atoms with Gasteiger partial charge >= 0.3 is 12.0 Å². The van der Waals surface area contributed by atoms with E-state index in [0.717, 1.165) is 19.5 Å². The van der Waals surface area contributed by atoms with Crippen LogP contribution in [0.3, 0.4) is 0 Å². The SMILES string of the molecule is CC(CN(C)C(=O)NC1CCN(C)C1)C(=O)O. The minimum atomic E-state index is -0.884. The average Bonchev–Trinajstić information content (AvgIpc) is 2.63. The first-order valence-corrected chi connectivity index (χ1v) is 5.83. The van der Waals surface area contributed by atoms with Crippen LogP contribution in [0.1, 0.15) is 13.3 Å². The van der Waals surface area contributed by atoms with Gasteiger partial charge in [-0.25, -0.2) is 4.79 Å². The Labute approximate surface area is 102 Å². The van der Waals surface area contributed by atoms with Gasteiger partial charge in [-0.1, -0.05) is 6.92 Å². The van der Waals surface area contributed by atoms with Gasteiger partial charge in [-0.15, -0.1) is 0 Å². The van der Waals surface area contributed by atoms with Crippen LogP contribution in [-0.4, -0.2) is 66.7 Å². The van der Waals surface area contributed by atoms with Crippen LogP contribution >= 0.6 is 0 Å². The molecule has 0 spiro atoms. The lowest BCUT2D eigenvalue weighted by molar-refractivity contribution is -0.141. The minimum Gasteiger partial charge on any atom is -0.481 e. The van der Waals surface area contributed by atoms with E-state index in [0.29, 0.717) is 0 Å². The molecule has 6 nitrogen and oxygen atoms in total. The Balaban J connectivity index is 2.34. The number of carboxylic acid groups (broad SMARTS) is 1. The molecule has 0 aromatic rings. The van der Waals surface area contributed by atoms with Crippen LogP contribution in [0.5, 0.6) is 0 Å². The standard InChI is InChI=1S/C11H21N3O3/c1-8(10(15)16)6-14(3)11(17)12-9-4-5-13(2)7-9/h8-9H,4-7H2,1-3H3,(H,12,17)(H,15,16). The predicted octanol–water partition coefficient (Wildman–Crippen LogP) is 0.0526. The Bertz CT molecular complexity index is 296. The third-order valence-corrected chi connectivity index (χ3v) is 3.03. The van der Waals surface area contributed by atoms with Gasteiger partial charge in [0.05, 0.1) is 5.92 Å². The molecule has 1 aliphatic rings. The summed E-state index contributed by atoms with van der Waals surface area (Å²) in [5.74, 6) is -1.43. The molecule has 2 unspecified atom stereocenters. The number of carbonyl (C=O) groups is 2. The Morgan fingerprint density at radius 2 is 2.24 bits per heavy atom. The van der Waals surface area contributed by atoms with Crippen LogP contribution in [0.15, 0.2) is 0 Å². The summed E-state index contributed by atoms with van der Waals surface area (Å²) in [5.41, 5.74) is 0. The van der Waals surface area contributed by atoms with Crippen molar-refractivity contribution in [1.82, 2.24) is 15.1 Å². The van der Waals surface area contributed by atoms with Gasteiger partial charge in [0.25, 0.3) is 0 Å². The zero-order valence-corrected chi connectivity index (χ0v) is 10.6. The average molecular weight is 243 g/mol. The second kappa shape index (κ2) is 5.86. The second-order valence-corrected chi connectivity index (χ2v) is 4.82. The van der Waals surface area contributed by atoms with Gasteiger partial charge in [0, 0.05) is 26.2 Å². The first-order chi connectivity index (χ1) is 7.90. The highest BCUT2D eigenvalue weighted by Crippen LogP contribution is 2.07. The molecule has 1 heterocycles. The van der Waals surface area contributed by atoms with Crippen molar-refractivity contribution in [1.29, 1.82) is 0 Å². The summed E-state index contributed by atoms with van der Waals surface area (Å²) in [6.45, 7) is 3.66. The van der Waals surface area contributed by atoms with E-state index in [4.69, 9.17) is 5.11 Å². The van der Waals surface area contributed by atoms with Crippen molar-refractivity contribution in [2.24, 2.45) is 5.92 Å². The van der Waals surface area contributed by atoms with E-state index < -0.39 is 11.9 Å². The first kappa shape index (κ1) is 13.8. The molecule has 1 fully saturated rings. The smallest absolute Gasteiger partial charge is 0.317 e. The van der Waals surface area contributed by atoms with Crippen LogP contribution in [0.2, 0.25) is 0 Å². The Hall–Kier alpha value is -1.30. The lowest BCUT2D eigenvalue weighted by Gasteiger charge is -2.22. The molecule has 0 saturated carbocycles. The molecule has 1 aliphatic heterocycles. The third kappa shape index (κ3) is 4.22. The van der Waals surface area contributed by atoms with Gasteiger partial charge in [0.15, 0.2) is 0 Å². The van der Waals surface area contributed by atoms with Crippen molar-refractivity contribution in [2.75, 3.05) is 33.7 Å². The molecule has 2 atom stereocenters. The highest BCUT2D eigenvalue weighted by Gasteiger charge is 2.23. The molecular weight excluding hydrogens is 222 g/mol. The number of carboxylic acids is 1. The number of amides is 2. The van der Waals surface area contributed by atoms with Crippen LogP contribution in [0.4, 0.5) is 4.79 Å². The fourth-order valence-electron chi connectivity index (χ4n) is 1.91. The van der Waals surface area contributed by atoms with Crippen molar-refractivity contribution < 1.29 is 14.7 Å². The summed E-state index contributed by atoms with van der Waals surface area (Å²) in [5, 5.41) is 11.7. The minimum absolute atomic E-state index is 0.176. The van der Waals surface area contributed by atoms with E-state index in [9.17, 15) is 9.59 Å². The molecule has 2 amide bonds. The van der Waals surface area contributed by atoms with E-state index in [1.54, 1.807) is 14.0 Å². The highest BCUT2D eigenvalue weighted by molar-refractivity contribution is 5.76. The summed E-state index contributed by atoms with van der Waals surface area (Å²) >= 11 is 0. The number of aliphatic carboxylic acids is 1. The van der Waals surface area contributed by atoms with E-state index in [2.05, 4.69) is 10.2 Å². The van der Waals surface area contributed by atoms with E-state index in [-0.39, 0.29) is 18.6 Å². The van der Waals surface area contributed by atoms with Crippen LogP contribution < -0.4 is 5.32 Å². The largest absolute Gasteiger partial charge is 0.481 e. The molecule has 6 heteroatoms. The lowest BCUT2D eigenvalue weighted by atomic mass is 10.2. The summed E-state index contributed by atoms with van der Waals surface area (Å²) in [7, 11) is 3.63. The van der Waals surface area contributed by atoms with Gasteiger partial charge in [-0.3, -0.25) is 4.79 Å². The molecule has 17 heavy (non-hydrogen) atoms. The van der Waals surface area contributed by atoms with Crippen LogP contribution in [0.25, 0.3) is 0 Å². The molecule has 0 radical (unpaired) electrons. The van der Waals surface area contributed by atoms with Crippen molar-refractivity contribution in [3.05, 3.63) is 0 Å². The third-order valence-electron chi connectivity index (χ3n) is 3.03. The molecule has 0 aromatic carbocycles. The van der Waals surface area contributed by atoms with Gasteiger partial charge in [-0.05, 0) is 20.0 Å². The maximum atomic E-state index is 11.8. The van der Waals surface area contributed by atoms with Crippen molar-refractivity contribution >= 4 is 12.0 Å². The molecule has 0 aromatic heterocycles. The number of urea groups is 1. The van der Waals surface area contributed by atoms with Crippen LogP contribution in [-0.2, 0) is 4.79 Å². The first-order valence-electron chi connectivity index (χ1n) is 5.83. The number of carbonyl (C=O) groups excluding carboxylic acids is 1. The molecule has 98 valence electrons. The van der Waals surface area contributed by atoms with Crippen molar-refractivity contribution in [3.63, 3.8) is 0 Å². The molecule has 1 rings (SSSR count). The fourth-order valence-corrected chi connectivity index (χ4v) is 1.91. The quantitative estimate of drug-likeness (QED) is 0.732. The highest BCUT2D eigenvalue weighted by atomic mass is 16.4. The maximum Gasteiger partial charge on any atom is 0.317 e. The number of nitrogens with zero attached hydrogens (tertiary/aromatic N) is 2. The van der Waals surface area contributed by atoms with Gasteiger partial charge in [-0.2, -0.15) is 0 Å². The maximum absolute atomic E-state index is 11.8. The van der Waals surface area contributed by atoms with Gasteiger partial charge in [0.1, 0.15) is 0 Å². The van der Waals surface area contributed by atoms with Crippen molar-refractivity contribution in [2.45, 2.75) is 19.4 Å². The zero-order valence-electron chi connectivity index (χ0n) is 10.6. The summed E-state index contributed by atoms with van der Waals surface area (Å²) in [4.78, 5) is 26.0. The molecule has 2 N–H and O–H groups in total. The fraction of sp³-hybridized carbons (Fsp3) is 0.818. The topological polar surface area (TPSA) is 72.9 Å². The summed E-state index contributed by atoms with van der Waals surface area (Å²) < 4.78 is 0. The lowest BCUT2D eigenvalue weighted by Crippen LogP contribution is -2.45. The van der Waals surface area contributed by atoms with Gasteiger partial charge < -0.3 is 20.2 Å². The summed E-state index contributed by atoms with van der Waals surface area (Å²) in [6.07, 6.45) is 0.949. The number of hydrogen-bond donors (Lipinski definition) is 2. The Kier molecular flexibility index (Phi) is 4.74. The molecule has 1 saturated heterocycles. The number of likely N-dealkylation sites (tertiary alicyclic amines) is 1. The normalized spacial score (nSPS) is 22.2. The summed E-state index contributed by atoms with van der Waals surface area (Å²) in [6, 6.07) is -0.0199. The molecule has 0 bridgehead atoms. The van der Waals surface area contributed by atoms with E-state index >= 15 is 0 Å². The Morgan fingerprint density at radius 1 is 1.59 bits per heavy atom. The number of hydrogen-bond acceptors (Lipinski definition) is 3. The molecule has 0 aliphatic carbocycles. The Morgan fingerprint density at radius 3 is 2.71 bits per heavy atom. The zero-order chi connectivity index (χ0) is 13.0. The number of nitrogens with one attached hydrogen (secondary N) is 1.